The van der Waals surface area contributed by atoms with Crippen LogP contribution in [0.5, 0.6) is 17.2 Å². The van der Waals surface area contributed by atoms with E-state index in [4.69, 9.17) is 19.9 Å². The van der Waals surface area contributed by atoms with Crippen molar-refractivity contribution in [3.05, 3.63) is 17.7 Å². The monoisotopic (exact) mass is 394 g/mol. The third kappa shape index (κ3) is 5.28. The van der Waals surface area contributed by atoms with Gasteiger partial charge in [0.15, 0.2) is 18.1 Å². The SMILES string of the molecule is COc1cc(C(=O)N[C@H]2CCCCC[C@H]2C(=O)O)cc(OC)c1OCC(N)=O. The zero-order valence-electron chi connectivity index (χ0n) is 16.0. The van der Waals surface area contributed by atoms with Crippen LogP contribution in [0.2, 0.25) is 0 Å². The van der Waals surface area contributed by atoms with Crippen LogP contribution in [0.25, 0.3) is 0 Å². The van der Waals surface area contributed by atoms with Crippen molar-refractivity contribution in [2.45, 2.75) is 38.1 Å². The van der Waals surface area contributed by atoms with E-state index in [0.29, 0.717) is 12.8 Å². The molecule has 9 heteroatoms. The summed E-state index contributed by atoms with van der Waals surface area (Å²) in [6, 6.07) is 2.44. The van der Waals surface area contributed by atoms with Crippen molar-refractivity contribution in [2.24, 2.45) is 11.7 Å². The zero-order valence-corrected chi connectivity index (χ0v) is 16.0. The highest BCUT2D eigenvalue weighted by Crippen LogP contribution is 2.38. The molecule has 2 amide bonds. The van der Waals surface area contributed by atoms with Crippen LogP contribution >= 0.6 is 0 Å². The van der Waals surface area contributed by atoms with Gasteiger partial charge >= 0.3 is 5.97 Å². The van der Waals surface area contributed by atoms with Crippen LogP contribution in [0.4, 0.5) is 0 Å². The van der Waals surface area contributed by atoms with Gasteiger partial charge in [0.1, 0.15) is 0 Å². The Morgan fingerprint density at radius 3 is 2.25 bits per heavy atom. The highest BCUT2D eigenvalue weighted by Gasteiger charge is 2.31. The number of nitrogens with one attached hydrogen (secondary N) is 1. The molecule has 0 aliphatic heterocycles. The second-order valence-corrected chi connectivity index (χ2v) is 6.63. The lowest BCUT2D eigenvalue weighted by Gasteiger charge is -2.23. The van der Waals surface area contributed by atoms with Crippen molar-refractivity contribution in [3.63, 3.8) is 0 Å². The van der Waals surface area contributed by atoms with Crippen LogP contribution in [0.3, 0.4) is 0 Å². The van der Waals surface area contributed by atoms with Gasteiger partial charge in [0.2, 0.25) is 5.75 Å². The number of carbonyl (C=O) groups excluding carboxylic acids is 2. The van der Waals surface area contributed by atoms with Gasteiger partial charge in [-0.15, -0.1) is 0 Å². The maximum absolute atomic E-state index is 12.8. The van der Waals surface area contributed by atoms with Crippen LogP contribution in [-0.2, 0) is 9.59 Å². The first kappa shape index (κ1) is 21.3. The molecule has 0 saturated heterocycles. The Labute approximate surface area is 163 Å². The second kappa shape index (κ2) is 9.82. The van der Waals surface area contributed by atoms with Gasteiger partial charge in [-0.25, -0.2) is 0 Å². The number of benzene rings is 1. The lowest BCUT2D eigenvalue weighted by Crippen LogP contribution is -2.42. The van der Waals surface area contributed by atoms with Crippen LogP contribution in [0.15, 0.2) is 12.1 Å². The molecule has 0 bridgehead atoms. The maximum atomic E-state index is 12.8. The number of hydrogen-bond acceptors (Lipinski definition) is 6. The quantitative estimate of drug-likeness (QED) is 0.566. The van der Waals surface area contributed by atoms with Crippen molar-refractivity contribution in [3.8, 4) is 17.2 Å². The zero-order chi connectivity index (χ0) is 20.7. The van der Waals surface area contributed by atoms with Gasteiger partial charge < -0.3 is 30.4 Å². The molecular weight excluding hydrogens is 368 g/mol. The first-order chi connectivity index (χ1) is 13.4. The van der Waals surface area contributed by atoms with E-state index in [1.165, 1.54) is 26.4 Å². The number of primary amides is 1. The average Bonchev–Trinajstić information content (AvgIpc) is 2.90. The second-order valence-electron chi connectivity index (χ2n) is 6.63. The maximum Gasteiger partial charge on any atom is 0.308 e. The van der Waals surface area contributed by atoms with Gasteiger partial charge in [-0.2, -0.15) is 0 Å². The van der Waals surface area contributed by atoms with Gasteiger partial charge in [0.25, 0.3) is 11.8 Å². The summed E-state index contributed by atoms with van der Waals surface area (Å²) in [5.74, 6) is -2.08. The fourth-order valence-corrected chi connectivity index (χ4v) is 3.32. The Balaban J connectivity index is 2.26. The number of aliphatic carboxylic acids is 1. The van der Waals surface area contributed by atoms with E-state index in [2.05, 4.69) is 5.32 Å². The molecule has 154 valence electrons. The summed E-state index contributed by atoms with van der Waals surface area (Å²) in [4.78, 5) is 35.3. The molecule has 0 heterocycles. The summed E-state index contributed by atoms with van der Waals surface area (Å²) in [5.41, 5.74) is 5.33. The van der Waals surface area contributed by atoms with Gasteiger partial charge in [-0.05, 0) is 25.0 Å². The fourth-order valence-electron chi connectivity index (χ4n) is 3.32. The summed E-state index contributed by atoms with van der Waals surface area (Å²) in [5, 5.41) is 12.3. The van der Waals surface area contributed by atoms with E-state index in [1.54, 1.807) is 0 Å². The van der Waals surface area contributed by atoms with Crippen molar-refractivity contribution < 1.29 is 33.7 Å². The standard InChI is InChI=1S/C19H26N2O7/c1-26-14-8-11(9-15(27-2)17(14)28-10-16(20)22)18(23)21-13-7-5-3-4-6-12(13)19(24)25/h8-9,12-13H,3-7,10H2,1-2H3,(H2,20,22)(H,21,23)(H,24,25)/t12-,13+/m1/s1. The third-order valence-electron chi connectivity index (χ3n) is 4.73. The minimum atomic E-state index is -0.905. The minimum Gasteiger partial charge on any atom is -0.493 e. The first-order valence-corrected chi connectivity index (χ1v) is 9.08. The molecular formula is C19H26N2O7. The predicted octanol–water partition coefficient (Wildman–Crippen LogP) is 1.33. The molecule has 0 spiro atoms. The average molecular weight is 394 g/mol. The lowest BCUT2D eigenvalue weighted by atomic mass is 9.94. The molecule has 1 fully saturated rings. The predicted molar refractivity (Wildman–Crippen MR) is 99.7 cm³/mol. The molecule has 2 atom stereocenters. The molecule has 1 aromatic carbocycles. The van der Waals surface area contributed by atoms with Crippen LogP contribution in [0.1, 0.15) is 42.5 Å². The number of rotatable bonds is 8. The molecule has 1 aliphatic rings. The Morgan fingerprint density at radius 2 is 1.71 bits per heavy atom. The van der Waals surface area contributed by atoms with Crippen molar-refractivity contribution in [1.29, 1.82) is 0 Å². The molecule has 28 heavy (non-hydrogen) atoms. The van der Waals surface area contributed by atoms with Crippen molar-refractivity contribution in [1.82, 2.24) is 5.32 Å². The van der Waals surface area contributed by atoms with Crippen LogP contribution in [0, 0.1) is 5.92 Å². The van der Waals surface area contributed by atoms with E-state index in [1.807, 2.05) is 0 Å². The minimum absolute atomic E-state index is 0.151. The van der Waals surface area contributed by atoms with E-state index < -0.39 is 29.7 Å². The number of carboxylic acid groups (broad SMARTS) is 1. The Morgan fingerprint density at radius 1 is 1.11 bits per heavy atom. The summed E-state index contributed by atoms with van der Waals surface area (Å²) in [6.07, 6.45) is 3.78. The highest BCUT2D eigenvalue weighted by atomic mass is 16.5. The van der Waals surface area contributed by atoms with Crippen molar-refractivity contribution >= 4 is 17.8 Å². The molecule has 1 aliphatic carbocycles. The summed E-state index contributed by atoms with van der Waals surface area (Å²) in [6.45, 7) is -0.374. The molecule has 9 nitrogen and oxygen atoms in total. The Kier molecular flexibility index (Phi) is 7.48. The van der Waals surface area contributed by atoms with Crippen LogP contribution < -0.4 is 25.3 Å². The molecule has 1 aromatic rings. The van der Waals surface area contributed by atoms with Gasteiger partial charge in [-0.1, -0.05) is 19.3 Å². The van der Waals surface area contributed by atoms with E-state index in [-0.39, 0.29) is 29.4 Å². The molecule has 0 aromatic heterocycles. The highest BCUT2D eigenvalue weighted by molar-refractivity contribution is 5.96. The van der Waals surface area contributed by atoms with Crippen LogP contribution in [-0.4, -0.2) is 49.8 Å². The number of methoxy groups -OCH3 is 2. The van der Waals surface area contributed by atoms with Gasteiger partial charge in [0, 0.05) is 11.6 Å². The number of ether oxygens (including phenoxy) is 3. The number of carbonyl (C=O) groups is 3. The fraction of sp³-hybridized carbons (Fsp3) is 0.526. The first-order valence-electron chi connectivity index (χ1n) is 9.08. The van der Waals surface area contributed by atoms with Gasteiger partial charge in [0.05, 0.1) is 20.1 Å². The topological polar surface area (TPSA) is 137 Å². The smallest absolute Gasteiger partial charge is 0.308 e. The number of carboxylic acids is 1. The molecule has 4 N–H and O–H groups in total. The number of amides is 2. The van der Waals surface area contributed by atoms with E-state index in [9.17, 15) is 19.5 Å². The summed E-state index contributed by atoms with van der Waals surface area (Å²) < 4.78 is 15.8. The molecule has 0 radical (unpaired) electrons. The number of hydrogen-bond donors (Lipinski definition) is 3. The molecule has 2 rings (SSSR count). The molecule has 0 unspecified atom stereocenters. The molecule has 1 saturated carbocycles. The Bertz CT molecular complexity index is 710. The summed E-state index contributed by atoms with van der Waals surface area (Å²) in [7, 11) is 2.78. The normalized spacial score (nSPS) is 19.2. The third-order valence-corrected chi connectivity index (χ3v) is 4.73. The van der Waals surface area contributed by atoms with Gasteiger partial charge in [-0.3, -0.25) is 14.4 Å². The largest absolute Gasteiger partial charge is 0.493 e. The van der Waals surface area contributed by atoms with E-state index >= 15 is 0 Å². The van der Waals surface area contributed by atoms with Crippen molar-refractivity contribution in [2.75, 3.05) is 20.8 Å². The lowest BCUT2D eigenvalue weighted by molar-refractivity contribution is -0.142. The van der Waals surface area contributed by atoms with E-state index in [0.717, 1.165) is 19.3 Å². The number of nitrogens with two attached hydrogens (primary N) is 1. The summed E-state index contributed by atoms with van der Waals surface area (Å²) >= 11 is 0. The Hall–Kier alpha value is -2.97.